The highest BCUT2D eigenvalue weighted by Gasteiger charge is 2.61. The number of aliphatic carboxylic acids is 1. The van der Waals surface area contributed by atoms with Gasteiger partial charge in [-0.25, -0.2) is 14.6 Å². The topological polar surface area (TPSA) is 156 Å². The van der Waals surface area contributed by atoms with Crippen LogP contribution in [0.15, 0.2) is 67.3 Å². The Morgan fingerprint density at radius 3 is 2.34 bits per heavy atom. The van der Waals surface area contributed by atoms with Crippen molar-refractivity contribution < 1.29 is 38.5 Å². The van der Waals surface area contributed by atoms with Gasteiger partial charge < -0.3 is 34.9 Å². The number of pyridine rings is 1. The molecular formula is C38H46N4O8. The minimum Gasteiger partial charge on any atom is -0.497 e. The van der Waals surface area contributed by atoms with Crippen LogP contribution in [0.4, 0.5) is 4.79 Å². The molecule has 50 heavy (non-hydrogen) atoms. The number of carboxylic acids is 1. The summed E-state index contributed by atoms with van der Waals surface area (Å²) in [6.45, 7) is 14.3. The fourth-order valence-corrected chi connectivity index (χ4v) is 6.27. The van der Waals surface area contributed by atoms with E-state index < -0.39 is 64.5 Å². The first-order chi connectivity index (χ1) is 23.5. The molecule has 1 aromatic heterocycles. The number of benzene rings is 2. The monoisotopic (exact) mass is 686 g/mol. The third-order valence-corrected chi connectivity index (χ3v) is 8.99. The quantitative estimate of drug-likeness (QED) is 0.240. The number of likely N-dealkylation sites (tertiary alicyclic amines) is 1. The molecule has 3 N–H and O–H groups in total. The van der Waals surface area contributed by atoms with Gasteiger partial charge in [-0.2, -0.15) is 0 Å². The van der Waals surface area contributed by atoms with Gasteiger partial charge in [-0.05, 0) is 44.7 Å². The molecule has 1 saturated carbocycles. The summed E-state index contributed by atoms with van der Waals surface area (Å²) in [5.41, 5.74) is -0.950. The van der Waals surface area contributed by atoms with Gasteiger partial charge in [0.2, 0.25) is 11.8 Å². The SMILES string of the molecule is C=CC1CC1(NC(=O)C1CC(Oc2cc(-c3ccccc3)nc3cc(OC)ccc23)CN1C(=O)C(NC(=O)OC(C)(C)C)C(C)(C)C)C(=O)O. The molecule has 1 aliphatic carbocycles. The van der Waals surface area contributed by atoms with Gasteiger partial charge in [0.05, 0.1) is 24.9 Å². The minimum absolute atomic E-state index is 0.00883. The second kappa shape index (κ2) is 13.6. The predicted molar refractivity (Wildman–Crippen MR) is 188 cm³/mol. The normalized spacial score (nSPS) is 22.3. The molecule has 3 amide bonds. The van der Waals surface area contributed by atoms with Gasteiger partial charge in [0, 0.05) is 35.4 Å². The highest BCUT2D eigenvalue weighted by molar-refractivity contribution is 5.96. The molecule has 5 rings (SSSR count). The van der Waals surface area contributed by atoms with E-state index in [4.69, 9.17) is 19.2 Å². The first kappa shape index (κ1) is 36.2. The minimum atomic E-state index is -1.50. The Kier molecular flexibility index (Phi) is 9.87. The third-order valence-electron chi connectivity index (χ3n) is 8.99. The molecule has 1 saturated heterocycles. The Balaban J connectivity index is 1.51. The maximum Gasteiger partial charge on any atom is 0.408 e. The van der Waals surface area contributed by atoms with Crippen molar-refractivity contribution in [3.8, 4) is 22.8 Å². The number of aromatic nitrogens is 1. The van der Waals surface area contributed by atoms with Crippen LogP contribution in [-0.2, 0) is 19.1 Å². The largest absolute Gasteiger partial charge is 0.497 e. The van der Waals surface area contributed by atoms with Gasteiger partial charge in [-0.1, -0.05) is 57.2 Å². The van der Waals surface area contributed by atoms with Crippen molar-refractivity contribution in [2.45, 2.75) is 83.7 Å². The number of hydrogen-bond donors (Lipinski definition) is 3. The number of ether oxygens (including phenoxy) is 3. The van der Waals surface area contributed by atoms with Crippen molar-refractivity contribution in [2.75, 3.05) is 13.7 Å². The van der Waals surface area contributed by atoms with E-state index in [-0.39, 0.29) is 19.4 Å². The Labute approximate surface area is 292 Å². The van der Waals surface area contributed by atoms with Crippen LogP contribution in [0.25, 0.3) is 22.2 Å². The van der Waals surface area contributed by atoms with Crippen LogP contribution in [0.5, 0.6) is 11.5 Å². The highest BCUT2D eigenvalue weighted by Crippen LogP contribution is 2.45. The number of carbonyl (C=O) groups excluding carboxylic acids is 3. The number of nitrogens with one attached hydrogen (secondary N) is 2. The van der Waals surface area contributed by atoms with E-state index in [9.17, 15) is 24.3 Å². The smallest absolute Gasteiger partial charge is 0.408 e. The Morgan fingerprint density at radius 2 is 1.76 bits per heavy atom. The van der Waals surface area contributed by atoms with E-state index in [1.165, 1.54) is 11.0 Å². The van der Waals surface area contributed by atoms with Gasteiger partial charge in [0.1, 0.15) is 40.8 Å². The molecule has 12 nitrogen and oxygen atoms in total. The van der Waals surface area contributed by atoms with E-state index in [0.717, 1.165) is 5.56 Å². The van der Waals surface area contributed by atoms with Crippen molar-refractivity contribution in [2.24, 2.45) is 11.3 Å². The summed E-state index contributed by atoms with van der Waals surface area (Å²) in [5.74, 6) is -1.67. The first-order valence-electron chi connectivity index (χ1n) is 16.6. The lowest BCUT2D eigenvalue weighted by molar-refractivity contribution is -0.146. The van der Waals surface area contributed by atoms with Gasteiger partial charge in [0.15, 0.2) is 0 Å². The molecule has 0 spiro atoms. The first-order valence-corrected chi connectivity index (χ1v) is 16.6. The van der Waals surface area contributed by atoms with Crippen molar-refractivity contribution in [1.29, 1.82) is 0 Å². The zero-order valence-corrected chi connectivity index (χ0v) is 29.6. The maximum atomic E-state index is 14.4. The molecule has 2 fully saturated rings. The van der Waals surface area contributed by atoms with Crippen molar-refractivity contribution in [3.05, 3.63) is 67.3 Å². The number of methoxy groups -OCH3 is 1. The van der Waals surface area contributed by atoms with E-state index >= 15 is 0 Å². The summed E-state index contributed by atoms with van der Waals surface area (Å²) in [6.07, 6.45) is 0.311. The fraction of sp³-hybridized carbons (Fsp3) is 0.447. The lowest BCUT2D eigenvalue weighted by Gasteiger charge is -2.35. The summed E-state index contributed by atoms with van der Waals surface area (Å²) in [7, 11) is 1.57. The second-order valence-electron chi connectivity index (χ2n) is 15.0. The molecule has 266 valence electrons. The number of carbonyl (C=O) groups is 4. The molecule has 0 bridgehead atoms. The average Bonchev–Trinajstić information content (AvgIpc) is 3.61. The number of carboxylic acid groups (broad SMARTS) is 1. The predicted octanol–water partition coefficient (Wildman–Crippen LogP) is 5.34. The van der Waals surface area contributed by atoms with Crippen LogP contribution in [0.2, 0.25) is 0 Å². The number of alkyl carbamates (subject to hydrolysis) is 1. The molecule has 3 aromatic rings. The van der Waals surface area contributed by atoms with Gasteiger partial charge in [0.25, 0.3) is 0 Å². The van der Waals surface area contributed by atoms with Crippen LogP contribution in [0.1, 0.15) is 54.4 Å². The molecule has 2 aliphatic rings. The fourth-order valence-electron chi connectivity index (χ4n) is 6.27. The maximum absolute atomic E-state index is 14.4. The summed E-state index contributed by atoms with van der Waals surface area (Å²) in [6, 6.07) is 14.7. The van der Waals surface area contributed by atoms with E-state index in [0.29, 0.717) is 28.1 Å². The molecule has 5 atom stereocenters. The highest BCUT2D eigenvalue weighted by atomic mass is 16.6. The van der Waals surface area contributed by atoms with Crippen molar-refractivity contribution in [1.82, 2.24) is 20.5 Å². The Morgan fingerprint density at radius 1 is 1.06 bits per heavy atom. The van der Waals surface area contributed by atoms with Crippen molar-refractivity contribution in [3.63, 3.8) is 0 Å². The lowest BCUT2D eigenvalue weighted by atomic mass is 9.85. The van der Waals surface area contributed by atoms with E-state index in [1.54, 1.807) is 54.7 Å². The zero-order valence-electron chi connectivity index (χ0n) is 29.6. The average molecular weight is 687 g/mol. The number of hydrogen-bond acceptors (Lipinski definition) is 8. The van der Waals surface area contributed by atoms with Crippen LogP contribution in [-0.4, -0.2) is 81.8 Å². The molecule has 5 unspecified atom stereocenters. The van der Waals surface area contributed by atoms with Gasteiger partial charge in [-0.15, -0.1) is 6.58 Å². The lowest BCUT2D eigenvalue weighted by Crippen LogP contribution is -2.59. The number of rotatable bonds is 10. The number of fused-ring (bicyclic) bond motifs is 1. The van der Waals surface area contributed by atoms with Crippen LogP contribution in [0.3, 0.4) is 0 Å². The molecule has 12 heteroatoms. The summed E-state index contributed by atoms with van der Waals surface area (Å²) >= 11 is 0. The van der Waals surface area contributed by atoms with Gasteiger partial charge in [-0.3, -0.25) is 9.59 Å². The van der Waals surface area contributed by atoms with Crippen LogP contribution in [0, 0.1) is 11.3 Å². The standard InChI is InChI=1S/C38H46N4O8/c1-9-23-20-38(23,34(45)46)41-32(43)29-18-25(21-42(29)33(44)31(36(2,3)4)40-35(47)50-37(5,6)7)49-30-19-27(22-13-11-10-12-14-22)39-28-17-24(48-8)15-16-26(28)30/h9-17,19,23,25,29,31H,1,18,20-21H2,2-8H3,(H,40,47)(H,41,43)(H,45,46). The molecular weight excluding hydrogens is 640 g/mol. The van der Waals surface area contributed by atoms with Crippen LogP contribution >= 0.6 is 0 Å². The summed E-state index contributed by atoms with van der Waals surface area (Å²) in [4.78, 5) is 59.8. The van der Waals surface area contributed by atoms with E-state index in [1.807, 2.05) is 48.5 Å². The van der Waals surface area contributed by atoms with Crippen molar-refractivity contribution >= 4 is 34.8 Å². The van der Waals surface area contributed by atoms with Crippen LogP contribution < -0.4 is 20.1 Å². The van der Waals surface area contributed by atoms with Gasteiger partial charge >= 0.3 is 12.1 Å². The molecule has 2 aromatic carbocycles. The number of amides is 3. The molecule has 1 aliphatic heterocycles. The Hall–Kier alpha value is -5.13. The third kappa shape index (κ3) is 7.69. The summed E-state index contributed by atoms with van der Waals surface area (Å²) in [5, 5.41) is 16.1. The second-order valence-corrected chi connectivity index (χ2v) is 15.0. The molecule has 2 heterocycles. The van der Waals surface area contributed by atoms with E-state index in [2.05, 4.69) is 17.2 Å². The Bertz CT molecular complexity index is 1800. The number of nitrogens with zero attached hydrogens (tertiary/aromatic N) is 2. The zero-order chi connectivity index (χ0) is 36.6. The molecule has 0 radical (unpaired) electrons. The summed E-state index contributed by atoms with van der Waals surface area (Å²) < 4.78 is 17.5.